The molecule has 0 radical (unpaired) electrons. The maximum atomic E-state index is 3.75. The van der Waals surface area contributed by atoms with Crippen molar-refractivity contribution >= 4 is 27.3 Å². The highest BCUT2D eigenvalue weighted by molar-refractivity contribution is 9.11. The molecule has 0 spiro atoms. The van der Waals surface area contributed by atoms with E-state index in [1.54, 1.807) is 4.88 Å². The lowest BCUT2D eigenvalue weighted by molar-refractivity contribution is 0.246. The average molecular weight is 345 g/mol. The van der Waals surface area contributed by atoms with E-state index in [2.05, 4.69) is 53.1 Å². The van der Waals surface area contributed by atoms with Crippen LogP contribution in [0.25, 0.3) is 0 Å². The van der Waals surface area contributed by atoms with Crippen molar-refractivity contribution in [2.24, 2.45) is 0 Å². The minimum Gasteiger partial charge on any atom is -0.309 e. The Bertz CT molecular complexity index is 405. The molecular formula is C15H25BrN2S. The van der Waals surface area contributed by atoms with E-state index in [0.29, 0.717) is 12.1 Å². The highest BCUT2D eigenvalue weighted by Crippen LogP contribution is 2.37. The Hall–Kier alpha value is 0.100. The van der Waals surface area contributed by atoms with Gasteiger partial charge in [0.25, 0.3) is 0 Å². The molecule has 0 fully saturated rings. The Labute approximate surface area is 129 Å². The number of hydrogen-bond acceptors (Lipinski definition) is 3. The molecule has 0 bridgehead atoms. The van der Waals surface area contributed by atoms with Crippen LogP contribution in [-0.4, -0.2) is 31.1 Å². The Balaban J connectivity index is 1.84. The van der Waals surface area contributed by atoms with Crippen LogP contribution in [-0.2, 0) is 6.42 Å². The van der Waals surface area contributed by atoms with E-state index >= 15 is 0 Å². The Morgan fingerprint density at radius 2 is 2.37 bits per heavy atom. The number of nitrogens with one attached hydrogen (secondary N) is 1. The summed E-state index contributed by atoms with van der Waals surface area (Å²) in [6, 6.07) is 3.56. The second-order valence-electron chi connectivity index (χ2n) is 5.57. The first-order valence-corrected chi connectivity index (χ1v) is 8.94. The third-order valence-electron chi connectivity index (χ3n) is 4.28. The second kappa shape index (κ2) is 7.21. The van der Waals surface area contributed by atoms with Gasteiger partial charge in [-0.1, -0.05) is 6.92 Å². The number of fused-ring (bicyclic) bond motifs is 1. The molecule has 2 atom stereocenters. The Morgan fingerprint density at radius 3 is 3.11 bits per heavy atom. The lowest BCUT2D eigenvalue weighted by Gasteiger charge is -2.27. The van der Waals surface area contributed by atoms with E-state index < -0.39 is 0 Å². The Kier molecular flexibility index (Phi) is 5.87. The van der Waals surface area contributed by atoms with Crippen molar-refractivity contribution in [3.63, 3.8) is 0 Å². The summed E-state index contributed by atoms with van der Waals surface area (Å²) < 4.78 is 1.28. The van der Waals surface area contributed by atoms with Gasteiger partial charge in [-0.2, -0.15) is 0 Å². The summed E-state index contributed by atoms with van der Waals surface area (Å²) in [6.45, 7) is 6.77. The van der Waals surface area contributed by atoms with E-state index in [1.807, 2.05) is 11.3 Å². The van der Waals surface area contributed by atoms with Crippen LogP contribution < -0.4 is 5.32 Å². The summed E-state index contributed by atoms with van der Waals surface area (Å²) >= 11 is 5.53. The highest BCUT2D eigenvalue weighted by Gasteiger charge is 2.22. The topological polar surface area (TPSA) is 15.3 Å². The number of nitrogens with zero attached hydrogens (tertiary/aromatic N) is 1. The molecule has 2 unspecified atom stereocenters. The molecule has 0 aromatic carbocycles. The third-order valence-corrected chi connectivity index (χ3v) is 6.00. The minimum absolute atomic E-state index is 0.566. The molecule has 0 amide bonds. The molecule has 0 aliphatic heterocycles. The number of rotatable bonds is 6. The molecule has 1 aliphatic carbocycles. The summed E-state index contributed by atoms with van der Waals surface area (Å²) in [6.07, 6.45) is 5.08. The lowest BCUT2D eigenvalue weighted by Crippen LogP contribution is -2.36. The molecule has 0 saturated heterocycles. The highest BCUT2D eigenvalue weighted by atomic mass is 79.9. The van der Waals surface area contributed by atoms with Gasteiger partial charge >= 0.3 is 0 Å². The lowest BCUT2D eigenvalue weighted by atomic mass is 9.94. The normalized spacial score (nSPS) is 20.6. The fourth-order valence-corrected chi connectivity index (χ4v) is 4.50. The zero-order valence-corrected chi connectivity index (χ0v) is 14.6. The molecule has 1 heterocycles. The van der Waals surface area contributed by atoms with Gasteiger partial charge in [0, 0.05) is 30.1 Å². The van der Waals surface area contributed by atoms with Crippen molar-refractivity contribution in [1.82, 2.24) is 10.2 Å². The van der Waals surface area contributed by atoms with Gasteiger partial charge in [0.15, 0.2) is 0 Å². The number of hydrogen-bond donors (Lipinski definition) is 1. The van der Waals surface area contributed by atoms with E-state index in [4.69, 9.17) is 0 Å². The summed E-state index contributed by atoms with van der Waals surface area (Å²) in [7, 11) is 2.23. The quantitative estimate of drug-likeness (QED) is 0.831. The van der Waals surface area contributed by atoms with Crippen molar-refractivity contribution in [3.8, 4) is 0 Å². The standard InChI is InChI=1S/C15H25BrN2S/c1-4-11(2)18(3)9-8-17-13-6-5-7-14-12(13)10-15(16)19-14/h10-11,13,17H,4-9H2,1-3H3. The first-order chi connectivity index (χ1) is 9.11. The van der Waals surface area contributed by atoms with Gasteiger partial charge in [-0.25, -0.2) is 0 Å². The largest absolute Gasteiger partial charge is 0.309 e. The maximum Gasteiger partial charge on any atom is 0.0704 e. The van der Waals surface area contributed by atoms with Crippen LogP contribution in [0.15, 0.2) is 9.85 Å². The van der Waals surface area contributed by atoms with Crippen molar-refractivity contribution in [2.45, 2.75) is 51.6 Å². The second-order valence-corrected chi connectivity index (χ2v) is 8.08. The number of thiophene rings is 1. The molecule has 1 N–H and O–H groups in total. The van der Waals surface area contributed by atoms with E-state index in [-0.39, 0.29) is 0 Å². The SMILES string of the molecule is CCC(C)N(C)CCNC1CCCc2sc(Br)cc21. The average Bonchev–Trinajstić information content (AvgIpc) is 2.78. The molecule has 2 nitrogen and oxygen atoms in total. The molecule has 1 aromatic heterocycles. The first kappa shape index (κ1) is 15.5. The number of aryl methyl sites for hydroxylation is 1. The Morgan fingerprint density at radius 1 is 1.58 bits per heavy atom. The number of halogens is 1. The zero-order valence-electron chi connectivity index (χ0n) is 12.2. The molecule has 2 rings (SSSR count). The molecule has 1 aliphatic rings. The van der Waals surface area contributed by atoms with Crippen LogP contribution in [0.1, 0.15) is 49.6 Å². The summed E-state index contributed by atoms with van der Waals surface area (Å²) in [5.74, 6) is 0. The minimum atomic E-state index is 0.566. The first-order valence-electron chi connectivity index (χ1n) is 7.33. The van der Waals surface area contributed by atoms with Crippen LogP contribution in [0.4, 0.5) is 0 Å². The van der Waals surface area contributed by atoms with Crippen LogP contribution >= 0.6 is 27.3 Å². The van der Waals surface area contributed by atoms with Gasteiger partial charge in [0.2, 0.25) is 0 Å². The number of likely N-dealkylation sites (N-methyl/N-ethyl adjacent to an activating group) is 1. The third kappa shape index (κ3) is 4.03. The van der Waals surface area contributed by atoms with Crippen molar-refractivity contribution in [3.05, 3.63) is 20.3 Å². The fraction of sp³-hybridized carbons (Fsp3) is 0.733. The predicted molar refractivity (Wildman–Crippen MR) is 88.1 cm³/mol. The molecular weight excluding hydrogens is 320 g/mol. The van der Waals surface area contributed by atoms with E-state index in [9.17, 15) is 0 Å². The summed E-state index contributed by atoms with van der Waals surface area (Å²) in [4.78, 5) is 4.02. The molecule has 19 heavy (non-hydrogen) atoms. The molecule has 108 valence electrons. The molecule has 1 aromatic rings. The van der Waals surface area contributed by atoms with Gasteiger partial charge in [0.05, 0.1) is 3.79 Å². The van der Waals surface area contributed by atoms with Crippen LogP contribution in [0, 0.1) is 0 Å². The van der Waals surface area contributed by atoms with Gasteiger partial charge in [0.1, 0.15) is 0 Å². The molecule has 4 heteroatoms. The smallest absolute Gasteiger partial charge is 0.0704 e. The predicted octanol–water partition coefficient (Wildman–Crippen LogP) is 4.21. The van der Waals surface area contributed by atoms with Crippen molar-refractivity contribution in [2.75, 3.05) is 20.1 Å². The van der Waals surface area contributed by atoms with Crippen LogP contribution in [0.5, 0.6) is 0 Å². The maximum absolute atomic E-state index is 3.75. The van der Waals surface area contributed by atoms with E-state index in [1.165, 1.54) is 35.0 Å². The van der Waals surface area contributed by atoms with Crippen LogP contribution in [0.2, 0.25) is 0 Å². The van der Waals surface area contributed by atoms with Crippen LogP contribution in [0.3, 0.4) is 0 Å². The monoisotopic (exact) mass is 344 g/mol. The summed E-state index contributed by atoms with van der Waals surface area (Å²) in [5, 5.41) is 3.75. The van der Waals surface area contributed by atoms with Crippen molar-refractivity contribution < 1.29 is 0 Å². The zero-order chi connectivity index (χ0) is 13.8. The fourth-order valence-electron chi connectivity index (χ4n) is 2.68. The summed E-state index contributed by atoms with van der Waals surface area (Å²) in [5.41, 5.74) is 1.54. The van der Waals surface area contributed by atoms with Crippen molar-refractivity contribution in [1.29, 1.82) is 0 Å². The molecule has 0 saturated carbocycles. The van der Waals surface area contributed by atoms with E-state index in [0.717, 1.165) is 13.1 Å². The van der Waals surface area contributed by atoms with Gasteiger partial charge in [-0.15, -0.1) is 11.3 Å². The van der Waals surface area contributed by atoms with Gasteiger partial charge < -0.3 is 10.2 Å². The van der Waals surface area contributed by atoms with Gasteiger partial charge in [-0.05, 0) is 67.2 Å². The van der Waals surface area contributed by atoms with Gasteiger partial charge in [-0.3, -0.25) is 0 Å².